The highest BCUT2D eigenvalue weighted by atomic mass is 32.1. The number of thiophene rings is 2. The highest BCUT2D eigenvalue weighted by molar-refractivity contribution is 7.27. The molecule has 294 valence electrons. The van der Waals surface area contributed by atoms with E-state index < -0.39 is 0 Å². The lowest BCUT2D eigenvalue weighted by Gasteiger charge is -2.14. The van der Waals surface area contributed by atoms with Gasteiger partial charge in [0, 0.05) is 73.5 Å². The molecule has 4 aromatic heterocycles. The van der Waals surface area contributed by atoms with Crippen molar-refractivity contribution in [3.05, 3.63) is 206 Å². The van der Waals surface area contributed by atoms with Crippen LogP contribution in [0, 0.1) is 0 Å². The zero-order valence-corrected chi connectivity index (χ0v) is 35.4. The number of hydrogen-bond acceptors (Lipinski definition) is 5. The molecule has 13 aromatic rings. The van der Waals surface area contributed by atoms with Gasteiger partial charge in [0.2, 0.25) is 0 Å². The largest absolute Gasteiger partial charge is 0.309 e. The third-order valence-corrected chi connectivity index (χ3v) is 14.6. The van der Waals surface area contributed by atoms with Gasteiger partial charge in [0.25, 0.3) is 0 Å². The molecule has 13 rings (SSSR count). The van der Waals surface area contributed by atoms with E-state index in [0.717, 1.165) is 44.6 Å². The Labute approximate surface area is 370 Å². The van der Waals surface area contributed by atoms with Gasteiger partial charge in [-0.2, -0.15) is 0 Å². The average molecular weight is 839 g/mol. The van der Waals surface area contributed by atoms with Gasteiger partial charge in [-0.15, -0.1) is 22.7 Å². The predicted octanol–water partition coefficient (Wildman–Crippen LogP) is 16.0. The summed E-state index contributed by atoms with van der Waals surface area (Å²) >= 11 is 3.72. The lowest BCUT2D eigenvalue weighted by atomic mass is 9.95. The molecule has 0 radical (unpaired) electrons. The van der Waals surface area contributed by atoms with Crippen LogP contribution in [0.2, 0.25) is 0 Å². The molecule has 0 N–H and O–H groups in total. The molecule has 0 atom stereocenters. The fourth-order valence-electron chi connectivity index (χ4n) is 9.27. The van der Waals surface area contributed by atoms with Gasteiger partial charge in [0.05, 0.1) is 11.0 Å². The van der Waals surface area contributed by atoms with Crippen LogP contribution < -0.4 is 0 Å². The monoisotopic (exact) mass is 838 g/mol. The first kappa shape index (κ1) is 35.9. The molecule has 0 amide bonds. The van der Waals surface area contributed by atoms with Crippen LogP contribution in [0.25, 0.3) is 124 Å². The summed E-state index contributed by atoms with van der Waals surface area (Å²) < 4.78 is 7.63. The molecular weight excluding hydrogens is 805 g/mol. The summed E-state index contributed by atoms with van der Waals surface area (Å²) in [6.07, 6.45) is 0. The smallest absolute Gasteiger partial charge is 0.164 e. The Hall–Kier alpha value is -7.77. The first-order chi connectivity index (χ1) is 31.2. The molecule has 63 heavy (non-hydrogen) atoms. The van der Waals surface area contributed by atoms with Gasteiger partial charge in [-0.05, 0) is 82.9 Å². The molecule has 0 aliphatic rings. The first-order valence-corrected chi connectivity index (χ1v) is 22.7. The third kappa shape index (κ3) is 5.98. The molecule has 4 nitrogen and oxygen atoms in total. The number of rotatable bonds is 6. The van der Waals surface area contributed by atoms with Crippen molar-refractivity contribution in [1.29, 1.82) is 0 Å². The zero-order chi connectivity index (χ0) is 41.4. The van der Waals surface area contributed by atoms with Crippen molar-refractivity contribution in [3.8, 4) is 62.1 Å². The van der Waals surface area contributed by atoms with Crippen molar-refractivity contribution >= 4 is 84.8 Å². The lowest BCUT2D eigenvalue weighted by Crippen LogP contribution is -2.00. The fraction of sp³-hybridized carbons (Fsp3) is 0. The van der Waals surface area contributed by atoms with E-state index in [2.05, 4.69) is 174 Å². The Balaban J connectivity index is 1.03. The summed E-state index contributed by atoms with van der Waals surface area (Å²) in [4.78, 5) is 15.4. The Morgan fingerprint density at radius 2 is 0.825 bits per heavy atom. The minimum atomic E-state index is 0.625. The Kier molecular flexibility index (Phi) is 8.22. The van der Waals surface area contributed by atoms with Gasteiger partial charge in [-0.3, -0.25) is 0 Å². The van der Waals surface area contributed by atoms with Gasteiger partial charge in [-0.1, -0.05) is 146 Å². The van der Waals surface area contributed by atoms with E-state index in [0.29, 0.717) is 17.5 Å². The van der Waals surface area contributed by atoms with E-state index in [1.165, 1.54) is 62.2 Å². The Bertz CT molecular complexity index is 3860. The number of para-hydroxylation sites is 1. The summed E-state index contributed by atoms with van der Waals surface area (Å²) in [5.41, 5.74) is 10.7. The molecule has 0 aliphatic heterocycles. The summed E-state index contributed by atoms with van der Waals surface area (Å²) in [7, 11) is 0. The second-order valence-corrected chi connectivity index (χ2v) is 18.1. The van der Waals surface area contributed by atoms with Crippen LogP contribution in [0.4, 0.5) is 0 Å². The fourth-order valence-corrected chi connectivity index (χ4v) is 11.7. The van der Waals surface area contributed by atoms with E-state index in [1.807, 2.05) is 59.1 Å². The summed E-state index contributed by atoms with van der Waals surface area (Å²) in [5.74, 6) is 1.90. The van der Waals surface area contributed by atoms with E-state index in [4.69, 9.17) is 15.0 Å². The maximum Gasteiger partial charge on any atom is 0.164 e. The number of aromatic nitrogens is 4. The molecule has 0 saturated carbocycles. The molecule has 6 heteroatoms. The van der Waals surface area contributed by atoms with E-state index in [-0.39, 0.29) is 0 Å². The summed E-state index contributed by atoms with van der Waals surface area (Å²) in [6.45, 7) is 0. The molecule has 4 heterocycles. The minimum Gasteiger partial charge on any atom is -0.309 e. The van der Waals surface area contributed by atoms with Gasteiger partial charge >= 0.3 is 0 Å². The summed E-state index contributed by atoms with van der Waals surface area (Å²) in [5, 5.41) is 7.75. The van der Waals surface area contributed by atoms with Crippen LogP contribution in [0.1, 0.15) is 0 Å². The molecule has 0 unspecified atom stereocenters. The molecule has 0 spiro atoms. The van der Waals surface area contributed by atoms with Crippen LogP contribution in [0.15, 0.2) is 206 Å². The molecule has 0 bridgehead atoms. The number of fused-ring (bicyclic) bond motifs is 10. The molecule has 0 fully saturated rings. The Morgan fingerprint density at radius 3 is 1.54 bits per heavy atom. The van der Waals surface area contributed by atoms with Crippen molar-refractivity contribution in [2.75, 3.05) is 0 Å². The minimum absolute atomic E-state index is 0.625. The second-order valence-electron chi connectivity index (χ2n) is 16.0. The van der Waals surface area contributed by atoms with Crippen LogP contribution >= 0.6 is 22.7 Å². The average Bonchev–Trinajstić information content (AvgIpc) is 4.04. The van der Waals surface area contributed by atoms with E-state index >= 15 is 0 Å². The lowest BCUT2D eigenvalue weighted by molar-refractivity contribution is 1.07. The van der Waals surface area contributed by atoms with Crippen molar-refractivity contribution in [2.45, 2.75) is 0 Å². The first-order valence-electron chi connectivity index (χ1n) is 21.1. The zero-order valence-electron chi connectivity index (χ0n) is 33.7. The Morgan fingerprint density at radius 1 is 0.302 bits per heavy atom. The van der Waals surface area contributed by atoms with Crippen LogP contribution in [0.3, 0.4) is 0 Å². The van der Waals surface area contributed by atoms with Gasteiger partial charge in [0.1, 0.15) is 0 Å². The summed E-state index contributed by atoms with van der Waals surface area (Å²) in [6, 6.07) is 73.9. The van der Waals surface area contributed by atoms with Crippen LogP contribution in [-0.2, 0) is 0 Å². The van der Waals surface area contributed by atoms with Crippen molar-refractivity contribution in [3.63, 3.8) is 0 Å². The number of hydrogen-bond donors (Lipinski definition) is 0. The van der Waals surface area contributed by atoms with Crippen LogP contribution in [-0.4, -0.2) is 19.5 Å². The second kappa shape index (κ2) is 14.4. The van der Waals surface area contributed by atoms with E-state index in [1.54, 1.807) is 0 Å². The number of benzene rings is 9. The molecule has 0 saturated heterocycles. The highest BCUT2D eigenvalue weighted by Gasteiger charge is 2.19. The van der Waals surface area contributed by atoms with Crippen molar-refractivity contribution in [2.24, 2.45) is 0 Å². The quantitative estimate of drug-likeness (QED) is 0.168. The highest BCUT2D eigenvalue weighted by Crippen LogP contribution is 2.44. The van der Waals surface area contributed by atoms with E-state index in [9.17, 15) is 0 Å². The topological polar surface area (TPSA) is 43.6 Å². The molecular formula is C57H34N4S2. The third-order valence-electron chi connectivity index (χ3n) is 12.2. The maximum atomic E-state index is 5.19. The SMILES string of the molecule is c1ccc(-c2nc(-c3ccccc3)nc(-c3cc(-c4cccc(-n5c6ccccc6c6c7sc8ccccc8c7ccc65)c4)cc(-c4ccc5c(c4)sc4ccccc45)c3)n2)cc1. The van der Waals surface area contributed by atoms with Gasteiger partial charge < -0.3 is 4.57 Å². The van der Waals surface area contributed by atoms with Crippen molar-refractivity contribution < 1.29 is 0 Å². The van der Waals surface area contributed by atoms with Crippen molar-refractivity contribution in [1.82, 2.24) is 19.5 Å². The molecule has 0 aliphatic carbocycles. The normalized spacial score (nSPS) is 11.8. The van der Waals surface area contributed by atoms with Gasteiger partial charge in [-0.25, -0.2) is 15.0 Å². The van der Waals surface area contributed by atoms with Gasteiger partial charge in [0.15, 0.2) is 17.5 Å². The van der Waals surface area contributed by atoms with Crippen LogP contribution in [0.5, 0.6) is 0 Å². The number of nitrogens with zero attached hydrogens (tertiary/aromatic N) is 4. The standard InChI is InChI=1S/C57H34N4S2/c1-3-14-35(15-4-1)55-58-56(36-16-5-2-6-17-36)60-57(59-55)41-31-39(30-40(32-41)38-26-27-45-43-20-8-11-24-50(43)62-52(45)34-38)37-18-13-19-42(33-37)61-48-23-10-7-22-47(48)53-49(61)29-28-46-44-21-9-12-25-51(44)63-54(46)53/h1-34H. The predicted molar refractivity (Wildman–Crippen MR) is 267 cm³/mol. The molecule has 9 aromatic carbocycles. The maximum absolute atomic E-state index is 5.19.